The molecule has 2 atom stereocenters. The number of aliphatic hydroxyl groups is 2. The van der Waals surface area contributed by atoms with Gasteiger partial charge < -0.3 is 14.9 Å². The van der Waals surface area contributed by atoms with Crippen molar-refractivity contribution >= 4 is 5.71 Å². The molecule has 0 rings (SSSR count). The molecule has 11 heavy (non-hydrogen) atoms. The van der Waals surface area contributed by atoms with Gasteiger partial charge in [0.05, 0.1) is 18.4 Å². The summed E-state index contributed by atoms with van der Waals surface area (Å²) < 4.78 is 4.76. The zero-order valence-corrected chi connectivity index (χ0v) is 7.11. The maximum absolute atomic E-state index is 9.26. The third-order valence-corrected chi connectivity index (χ3v) is 1.38. The zero-order valence-electron chi connectivity index (χ0n) is 7.11. The van der Waals surface area contributed by atoms with E-state index in [1.54, 1.807) is 7.05 Å². The van der Waals surface area contributed by atoms with Crippen LogP contribution in [0, 0.1) is 0 Å². The molecule has 0 aliphatic carbocycles. The van der Waals surface area contributed by atoms with E-state index in [1.807, 2.05) is 0 Å². The van der Waals surface area contributed by atoms with E-state index in [0.29, 0.717) is 5.71 Å². The Labute approximate surface area is 66.5 Å². The van der Waals surface area contributed by atoms with Crippen molar-refractivity contribution in [1.29, 1.82) is 0 Å². The molecule has 0 amide bonds. The minimum absolute atomic E-state index is 0.253. The van der Waals surface area contributed by atoms with Gasteiger partial charge in [-0.3, -0.25) is 4.99 Å². The average Bonchev–Trinajstić information content (AvgIpc) is 1.98. The van der Waals surface area contributed by atoms with Crippen molar-refractivity contribution in [3.63, 3.8) is 0 Å². The smallest absolute Gasteiger partial charge is 0.119 e. The molecular formula is C7H15NO3. The van der Waals surface area contributed by atoms with E-state index in [4.69, 9.17) is 9.84 Å². The summed E-state index contributed by atoms with van der Waals surface area (Å²) in [6.45, 7) is 1.76. The molecule has 0 unspecified atom stereocenters. The second-order valence-corrected chi connectivity index (χ2v) is 2.33. The minimum atomic E-state index is -0.917. The molecule has 0 saturated heterocycles. The quantitative estimate of drug-likeness (QED) is 0.543. The summed E-state index contributed by atoms with van der Waals surface area (Å²) in [5, 5.41) is 18.2. The van der Waals surface area contributed by atoms with Crippen molar-refractivity contribution in [2.24, 2.45) is 4.99 Å². The molecule has 4 heteroatoms. The standard InChI is InChI=1S/C7H15NO3/c1-5(9)7(10)6(8-2)4-11-3/h5,7,9-10H,4H2,1-3H3/t5-,7+/m1/s1. The number of ether oxygens (including phenoxy) is 1. The summed E-state index contributed by atoms with van der Waals surface area (Å²) in [4.78, 5) is 3.78. The SMILES string of the molecule is CN=C(COC)[C@@H](O)[C@@H](C)O. The second-order valence-electron chi connectivity index (χ2n) is 2.33. The normalized spacial score (nSPS) is 18.1. The Hall–Kier alpha value is -0.450. The number of methoxy groups -OCH3 is 1. The van der Waals surface area contributed by atoms with Crippen molar-refractivity contribution in [2.75, 3.05) is 20.8 Å². The van der Waals surface area contributed by atoms with Crippen LogP contribution < -0.4 is 0 Å². The highest BCUT2D eigenvalue weighted by atomic mass is 16.5. The summed E-state index contributed by atoms with van der Waals surface area (Å²) in [5.74, 6) is 0. The Morgan fingerprint density at radius 3 is 2.36 bits per heavy atom. The molecule has 0 radical (unpaired) electrons. The summed E-state index contributed by atoms with van der Waals surface area (Å²) in [6, 6.07) is 0. The molecule has 0 spiro atoms. The number of aliphatic hydroxyl groups excluding tert-OH is 2. The summed E-state index contributed by atoms with van der Waals surface area (Å²) in [7, 11) is 3.07. The fraction of sp³-hybridized carbons (Fsp3) is 0.857. The van der Waals surface area contributed by atoms with Gasteiger partial charge in [0.1, 0.15) is 6.10 Å². The van der Waals surface area contributed by atoms with Gasteiger partial charge in [-0.1, -0.05) is 0 Å². The molecule has 0 aliphatic rings. The highest BCUT2D eigenvalue weighted by Crippen LogP contribution is 1.96. The molecule has 2 N–H and O–H groups in total. The molecule has 0 aromatic rings. The van der Waals surface area contributed by atoms with E-state index in [9.17, 15) is 5.11 Å². The van der Waals surface area contributed by atoms with Gasteiger partial charge in [0.2, 0.25) is 0 Å². The van der Waals surface area contributed by atoms with Crippen molar-refractivity contribution in [2.45, 2.75) is 19.1 Å². The first-order valence-corrected chi connectivity index (χ1v) is 3.44. The van der Waals surface area contributed by atoms with Crippen LogP contribution in [0.2, 0.25) is 0 Å². The molecule has 0 aromatic carbocycles. The van der Waals surface area contributed by atoms with E-state index in [-0.39, 0.29) is 6.61 Å². The van der Waals surface area contributed by atoms with Gasteiger partial charge in [-0.25, -0.2) is 0 Å². The molecule has 0 bridgehead atoms. The third kappa shape index (κ3) is 3.46. The van der Waals surface area contributed by atoms with E-state index in [0.717, 1.165) is 0 Å². The molecular weight excluding hydrogens is 146 g/mol. The maximum Gasteiger partial charge on any atom is 0.119 e. The number of hydrogen-bond donors (Lipinski definition) is 2. The van der Waals surface area contributed by atoms with Crippen LogP contribution in [-0.2, 0) is 4.74 Å². The van der Waals surface area contributed by atoms with Crippen LogP contribution in [0.25, 0.3) is 0 Å². The van der Waals surface area contributed by atoms with Crippen LogP contribution in [0.1, 0.15) is 6.92 Å². The lowest BCUT2D eigenvalue weighted by atomic mass is 10.1. The second kappa shape index (κ2) is 5.23. The lowest BCUT2D eigenvalue weighted by molar-refractivity contribution is 0.0687. The third-order valence-electron chi connectivity index (χ3n) is 1.38. The van der Waals surface area contributed by atoms with E-state index in [1.165, 1.54) is 14.0 Å². The van der Waals surface area contributed by atoms with Crippen molar-refractivity contribution in [3.8, 4) is 0 Å². The summed E-state index contributed by atoms with van der Waals surface area (Å²) >= 11 is 0. The molecule has 4 nitrogen and oxygen atoms in total. The van der Waals surface area contributed by atoms with Crippen molar-refractivity contribution in [1.82, 2.24) is 0 Å². The van der Waals surface area contributed by atoms with Crippen LogP contribution in [0.5, 0.6) is 0 Å². The van der Waals surface area contributed by atoms with Crippen LogP contribution in [0.15, 0.2) is 4.99 Å². The lowest BCUT2D eigenvalue weighted by Gasteiger charge is -2.14. The molecule has 0 aliphatic heterocycles. The predicted octanol–water partition coefficient (Wildman–Crippen LogP) is -0.555. The largest absolute Gasteiger partial charge is 0.390 e. The van der Waals surface area contributed by atoms with Gasteiger partial charge in [-0.2, -0.15) is 0 Å². The predicted molar refractivity (Wildman–Crippen MR) is 42.9 cm³/mol. The minimum Gasteiger partial charge on any atom is -0.390 e. The summed E-state index contributed by atoms with van der Waals surface area (Å²) in [6.07, 6.45) is -1.72. The Bertz CT molecular complexity index is 134. The Morgan fingerprint density at radius 1 is 1.55 bits per heavy atom. The van der Waals surface area contributed by atoms with Gasteiger partial charge in [0, 0.05) is 14.2 Å². The molecule has 0 heterocycles. The molecule has 0 saturated carbocycles. The van der Waals surface area contributed by atoms with Crippen LogP contribution in [0.4, 0.5) is 0 Å². The number of aliphatic imine (C=N–C) groups is 1. The van der Waals surface area contributed by atoms with Crippen LogP contribution >= 0.6 is 0 Å². The van der Waals surface area contributed by atoms with Crippen molar-refractivity contribution < 1.29 is 14.9 Å². The Balaban J connectivity index is 4.04. The fourth-order valence-electron chi connectivity index (χ4n) is 0.709. The molecule has 66 valence electrons. The van der Waals surface area contributed by atoms with Gasteiger partial charge in [-0.05, 0) is 6.92 Å². The van der Waals surface area contributed by atoms with Crippen LogP contribution in [0.3, 0.4) is 0 Å². The number of rotatable bonds is 4. The summed E-state index contributed by atoms with van der Waals surface area (Å²) in [5.41, 5.74) is 0.461. The number of hydrogen-bond acceptors (Lipinski definition) is 4. The molecule has 0 fully saturated rings. The van der Waals surface area contributed by atoms with E-state index >= 15 is 0 Å². The van der Waals surface area contributed by atoms with Gasteiger partial charge in [0.25, 0.3) is 0 Å². The Kier molecular flexibility index (Phi) is 5.02. The topological polar surface area (TPSA) is 62.0 Å². The first kappa shape index (κ1) is 10.6. The highest BCUT2D eigenvalue weighted by Gasteiger charge is 2.16. The zero-order chi connectivity index (χ0) is 8.85. The lowest BCUT2D eigenvalue weighted by Crippen LogP contribution is -2.34. The van der Waals surface area contributed by atoms with Crippen molar-refractivity contribution in [3.05, 3.63) is 0 Å². The van der Waals surface area contributed by atoms with Gasteiger partial charge in [-0.15, -0.1) is 0 Å². The van der Waals surface area contributed by atoms with Crippen LogP contribution in [-0.4, -0.2) is 48.9 Å². The monoisotopic (exact) mass is 161 g/mol. The van der Waals surface area contributed by atoms with E-state index in [2.05, 4.69) is 4.99 Å². The first-order valence-electron chi connectivity index (χ1n) is 3.44. The highest BCUT2D eigenvalue weighted by molar-refractivity contribution is 5.90. The number of nitrogens with zero attached hydrogens (tertiary/aromatic N) is 1. The Morgan fingerprint density at radius 2 is 2.09 bits per heavy atom. The first-order chi connectivity index (χ1) is 5.13. The fourth-order valence-corrected chi connectivity index (χ4v) is 0.709. The average molecular weight is 161 g/mol. The van der Waals surface area contributed by atoms with E-state index < -0.39 is 12.2 Å². The van der Waals surface area contributed by atoms with Gasteiger partial charge in [0.15, 0.2) is 0 Å². The van der Waals surface area contributed by atoms with Gasteiger partial charge >= 0.3 is 0 Å². The molecule has 0 aromatic heterocycles. The maximum atomic E-state index is 9.26.